The SMILES string of the molecule is CCCCCCCC/C=C\CCCCCCCCCCOCC(COC1OC(CO)C(O)C(OS(=O)(=O)O)C1O)OC(=O)CCCCCCCCCCCCCCC. The number of ether oxygens (including phenoxy) is 4. The van der Waals surface area contributed by atoms with Crippen LogP contribution in [0.4, 0.5) is 0 Å². The monoisotopic (exact) mass is 851 g/mol. The molecule has 13 heteroatoms. The summed E-state index contributed by atoms with van der Waals surface area (Å²) in [5, 5.41) is 30.7. The second-order valence-corrected chi connectivity index (χ2v) is 17.4. The van der Waals surface area contributed by atoms with Crippen molar-refractivity contribution in [1.29, 1.82) is 0 Å². The number of esters is 1. The van der Waals surface area contributed by atoms with Crippen molar-refractivity contribution >= 4 is 16.4 Å². The highest BCUT2D eigenvalue weighted by molar-refractivity contribution is 7.80. The van der Waals surface area contributed by atoms with Crippen LogP contribution in [0.1, 0.15) is 206 Å². The first-order chi connectivity index (χ1) is 28.1. The molecule has 0 aliphatic carbocycles. The molecule has 1 rings (SSSR count). The van der Waals surface area contributed by atoms with Gasteiger partial charge in [-0.2, -0.15) is 8.42 Å². The third-order valence-electron chi connectivity index (χ3n) is 10.9. The largest absolute Gasteiger partial charge is 0.457 e. The van der Waals surface area contributed by atoms with E-state index in [1.54, 1.807) is 0 Å². The molecule has 58 heavy (non-hydrogen) atoms. The maximum atomic E-state index is 12.8. The zero-order valence-electron chi connectivity index (χ0n) is 36.6. The van der Waals surface area contributed by atoms with Gasteiger partial charge in [-0.15, -0.1) is 0 Å². The molecule has 0 bridgehead atoms. The van der Waals surface area contributed by atoms with Crippen molar-refractivity contribution in [3.8, 4) is 0 Å². The Kier molecular flexibility index (Phi) is 35.6. The van der Waals surface area contributed by atoms with Gasteiger partial charge in [0.1, 0.15) is 30.5 Å². The quantitative estimate of drug-likeness (QED) is 0.0198. The van der Waals surface area contributed by atoms with Crippen molar-refractivity contribution in [2.75, 3.05) is 26.4 Å². The molecule has 6 unspecified atom stereocenters. The minimum Gasteiger partial charge on any atom is -0.457 e. The first kappa shape index (κ1) is 54.9. The Bertz CT molecular complexity index is 1070. The number of aliphatic hydroxyl groups is 3. The Balaban J connectivity index is 2.40. The number of carbonyl (C=O) groups is 1. The van der Waals surface area contributed by atoms with Crippen LogP contribution < -0.4 is 0 Å². The summed E-state index contributed by atoms with van der Waals surface area (Å²) in [5.74, 6) is -0.397. The third-order valence-corrected chi connectivity index (χ3v) is 11.4. The highest BCUT2D eigenvalue weighted by atomic mass is 32.3. The van der Waals surface area contributed by atoms with E-state index in [2.05, 4.69) is 30.2 Å². The van der Waals surface area contributed by atoms with Crippen LogP contribution in [0.15, 0.2) is 12.2 Å². The summed E-state index contributed by atoms with van der Waals surface area (Å²) in [6.07, 6.45) is 31.0. The van der Waals surface area contributed by atoms with Crippen LogP contribution in [0.3, 0.4) is 0 Å². The number of carbonyl (C=O) groups excluding carboxylic acids is 1. The molecule has 12 nitrogen and oxygen atoms in total. The first-order valence-corrected chi connectivity index (χ1v) is 24.8. The summed E-state index contributed by atoms with van der Waals surface area (Å²) in [5.41, 5.74) is 0. The predicted octanol–water partition coefficient (Wildman–Crippen LogP) is 9.86. The molecular formula is C45H86O12S. The van der Waals surface area contributed by atoms with E-state index in [4.69, 9.17) is 23.5 Å². The van der Waals surface area contributed by atoms with Gasteiger partial charge in [0.2, 0.25) is 0 Å². The molecule has 1 saturated heterocycles. The summed E-state index contributed by atoms with van der Waals surface area (Å²) in [7, 11) is -5.06. The van der Waals surface area contributed by atoms with Gasteiger partial charge in [-0.25, -0.2) is 4.18 Å². The molecule has 344 valence electrons. The van der Waals surface area contributed by atoms with Crippen molar-refractivity contribution < 1.29 is 56.2 Å². The molecule has 1 aliphatic heterocycles. The minimum atomic E-state index is -5.06. The van der Waals surface area contributed by atoms with Crippen LogP contribution in [0, 0.1) is 0 Å². The summed E-state index contributed by atoms with van der Waals surface area (Å²) < 4.78 is 59.1. The van der Waals surface area contributed by atoms with Crippen LogP contribution in [-0.4, -0.2) is 97.5 Å². The van der Waals surface area contributed by atoms with Gasteiger partial charge >= 0.3 is 16.4 Å². The van der Waals surface area contributed by atoms with Gasteiger partial charge in [-0.3, -0.25) is 9.35 Å². The van der Waals surface area contributed by atoms with Gasteiger partial charge in [0.25, 0.3) is 0 Å². The molecule has 0 aromatic carbocycles. The van der Waals surface area contributed by atoms with Crippen LogP contribution in [0.2, 0.25) is 0 Å². The number of allylic oxidation sites excluding steroid dienone is 2. The lowest BCUT2D eigenvalue weighted by molar-refractivity contribution is -0.301. The number of aliphatic hydroxyl groups excluding tert-OH is 3. The number of hydrogen-bond donors (Lipinski definition) is 4. The van der Waals surface area contributed by atoms with Gasteiger partial charge in [0, 0.05) is 13.0 Å². The third kappa shape index (κ3) is 30.8. The van der Waals surface area contributed by atoms with Gasteiger partial charge < -0.3 is 34.3 Å². The Morgan fingerprint density at radius 2 is 1.09 bits per heavy atom. The molecule has 0 aromatic heterocycles. The maximum Gasteiger partial charge on any atom is 0.397 e. The lowest BCUT2D eigenvalue weighted by Gasteiger charge is -2.41. The van der Waals surface area contributed by atoms with Crippen molar-refractivity contribution in [3.05, 3.63) is 12.2 Å². The predicted molar refractivity (Wildman–Crippen MR) is 230 cm³/mol. The van der Waals surface area contributed by atoms with Crippen LogP contribution in [0.5, 0.6) is 0 Å². The van der Waals surface area contributed by atoms with E-state index in [0.717, 1.165) is 38.5 Å². The van der Waals surface area contributed by atoms with Gasteiger partial charge in [-0.05, 0) is 38.5 Å². The lowest BCUT2D eigenvalue weighted by atomic mass is 9.99. The van der Waals surface area contributed by atoms with E-state index in [-0.39, 0.29) is 19.6 Å². The first-order valence-electron chi connectivity index (χ1n) is 23.4. The molecule has 0 saturated carbocycles. The highest BCUT2D eigenvalue weighted by Gasteiger charge is 2.48. The fraction of sp³-hybridized carbons (Fsp3) is 0.933. The Morgan fingerprint density at radius 3 is 1.55 bits per heavy atom. The molecular weight excluding hydrogens is 765 g/mol. The number of unbranched alkanes of at least 4 members (excludes halogenated alkanes) is 26. The standard InChI is InChI=1S/C45H86O12S/c1-3-5-7-9-11-13-15-17-18-19-20-21-23-25-27-29-31-33-35-53-37-39(38-54-45-43(49)44(57-58(50,51)52)42(48)40(36-46)56-45)55-41(47)34-32-30-28-26-24-22-16-14-12-10-8-6-4-2/h17-18,39-40,42-46,48-49H,3-16,19-38H2,1-2H3,(H,50,51,52)/b18-17-. The second-order valence-electron chi connectivity index (χ2n) is 16.4. The van der Waals surface area contributed by atoms with E-state index in [9.17, 15) is 28.5 Å². The van der Waals surface area contributed by atoms with Gasteiger partial charge in [0.15, 0.2) is 6.29 Å². The average molecular weight is 851 g/mol. The van der Waals surface area contributed by atoms with E-state index >= 15 is 0 Å². The van der Waals surface area contributed by atoms with E-state index in [1.807, 2.05) is 0 Å². The van der Waals surface area contributed by atoms with Gasteiger partial charge in [-0.1, -0.05) is 174 Å². The molecule has 0 aromatic rings. The van der Waals surface area contributed by atoms with Crippen LogP contribution in [0.25, 0.3) is 0 Å². The molecule has 1 aliphatic rings. The Hall–Kier alpha value is -1.16. The van der Waals surface area contributed by atoms with Crippen molar-refractivity contribution in [3.63, 3.8) is 0 Å². The molecule has 1 heterocycles. The van der Waals surface area contributed by atoms with E-state index in [1.165, 1.54) is 141 Å². The fourth-order valence-electron chi connectivity index (χ4n) is 7.32. The highest BCUT2D eigenvalue weighted by Crippen LogP contribution is 2.26. The molecule has 0 radical (unpaired) electrons. The van der Waals surface area contributed by atoms with Crippen molar-refractivity contribution in [2.45, 2.75) is 243 Å². The minimum absolute atomic E-state index is 0.0393. The van der Waals surface area contributed by atoms with Crippen LogP contribution >= 0.6 is 0 Å². The summed E-state index contributed by atoms with van der Waals surface area (Å²) >= 11 is 0. The van der Waals surface area contributed by atoms with Crippen molar-refractivity contribution in [2.24, 2.45) is 0 Å². The normalized spacial score (nSPS) is 20.6. The number of hydrogen-bond acceptors (Lipinski definition) is 11. The molecule has 4 N–H and O–H groups in total. The average Bonchev–Trinajstić information content (AvgIpc) is 3.19. The van der Waals surface area contributed by atoms with E-state index < -0.39 is 59.8 Å². The van der Waals surface area contributed by atoms with Gasteiger partial charge in [0.05, 0.1) is 19.8 Å². The molecule has 1 fully saturated rings. The zero-order chi connectivity index (χ0) is 42.5. The Morgan fingerprint density at radius 1 is 0.638 bits per heavy atom. The topological polar surface area (TPSA) is 178 Å². The smallest absolute Gasteiger partial charge is 0.397 e. The molecule has 0 spiro atoms. The molecule has 0 amide bonds. The Labute approximate surface area is 353 Å². The fourth-order valence-corrected chi connectivity index (χ4v) is 7.82. The number of rotatable bonds is 41. The maximum absolute atomic E-state index is 12.8. The van der Waals surface area contributed by atoms with E-state index in [0.29, 0.717) is 13.0 Å². The summed E-state index contributed by atoms with van der Waals surface area (Å²) in [6.45, 7) is 4.00. The molecule has 6 atom stereocenters. The summed E-state index contributed by atoms with van der Waals surface area (Å²) in [4.78, 5) is 12.8. The van der Waals surface area contributed by atoms with Crippen molar-refractivity contribution in [1.82, 2.24) is 0 Å². The zero-order valence-corrected chi connectivity index (χ0v) is 37.4. The second kappa shape index (κ2) is 37.6. The summed E-state index contributed by atoms with van der Waals surface area (Å²) in [6, 6.07) is 0. The lowest BCUT2D eigenvalue weighted by Crippen LogP contribution is -2.60. The van der Waals surface area contributed by atoms with Crippen LogP contribution in [-0.2, 0) is 38.3 Å².